The number of Topliss-reactive ketones (excluding diaryl/α,β-unsaturated/α-hetero) is 1. The monoisotopic (exact) mass is 260 g/mol. The molecule has 0 N–H and O–H groups in total. The second-order valence-electron chi connectivity index (χ2n) is 4.31. The molecule has 0 bridgehead atoms. The highest BCUT2D eigenvalue weighted by molar-refractivity contribution is 7.99. The third-order valence-electron chi connectivity index (χ3n) is 2.93. The Morgan fingerprint density at radius 3 is 2.56 bits per heavy atom. The summed E-state index contributed by atoms with van der Waals surface area (Å²) in [6.07, 6.45) is 3.81. The predicted molar refractivity (Wildman–Crippen MR) is 75.4 cm³/mol. The summed E-state index contributed by atoms with van der Waals surface area (Å²) in [5, 5.41) is 0. The second-order valence-corrected chi connectivity index (χ2v) is 5.42. The molecule has 0 atom stereocenters. The molecule has 0 unspecified atom stereocenters. The molecule has 1 aromatic rings. The zero-order valence-electron chi connectivity index (χ0n) is 10.4. The summed E-state index contributed by atoms with van der Waals surface area (Å²) >= 11 is 1.72. The third-order valence-corrected chi connectivity index (χ3v) is 4.03. The fourth-order valence-electron chi connectivity index (χ4n) is 1.91. The average molecular weight is 260 g/mol. The number of unbranched alkanes of at least 4 members (excludes halogenated alkanes) is 1. The molecule has 1 aliphatic carbocycles. The summed E-state index contributed by atoms with van der Waals surface area (Å²) in [4.78, 5) is 24.1. The van der Waals surface area contributed by atoms with Crippen molar-refractivity contribution in [1.82, 2.24) is 0 Å². The lowest BCUT2D eigenvalue weighted by Crippen LogP contribution is -2.18. The fourth-order valence-corrected chi connectivity index (χ4v) is 2.98. The molecule has 1 aromatic carbocycles. The number of allylic oxidation sites excluding steroid dienone is 1. The molecule has 94 valence electrons. The SMILES string of the molecule is CCCCSCC1=CC(=O)c2ccccc2C1=O. The molecule has 0 radical (unpaired) electrons. The summed E-state index contributed by atoms with van der Waals surface area (Å²) in [5.74, 6) is 1.64. The van der Waals surface area contributed by atoms with Crippen molar-refractivity contribution in [2.45, 2.75) is 19.8 Å². The van der Waals surface area contributed by atoms with Crippen molar-refractivity contribution in [3.63, 3.8) is 0 Å². The largest absolute Gasteiger partial charge is 0.289 e. The lowest BCUT2D eigenvalue weighted by atomic mass is 9.90. The zero-order chi connectivity index (χ0) is 13.0. The molecule has 2 nitrogen and oxygen atoms in total. The van der Waals surface area contributed by atoms with Crippen LogP contribution in [-0.4, -0.2) is 23.1 Å². The number of hydrogen-bond acceptors (Lipinski definition) is 3. The predicted octanol–water partition coefficient (Wildman–Crippen LogP) is 3.53. The van der Waals surface area contributed by atoms with Crippen LogP contribution in [0, 0.1) is 0 Å². The molecule has 0 spiro atoms. The van der Waals surface area contributed by atoms with E-state index in [1.807, 2.05) is 0 Å². The highest BCUT2D eigenvalue weighted by Gasteiger charge is 2.24. The molecular formula is C15H16O2S. The van der Waals surface area contributed by atoms with Crippen LogP contribution < -0.4 is 0 Å². The fraction of sp³-hybridized carbons (Fsp3) is 0.333. The van der Waals surface area contributed by atoms with Gasteiger partial charge in [-0.2, -0.15) is 11.8 Å². The van der Waals surface area contributed by atoms with Gasteiger partial charge in [0.1, 0.15) is 0 Å². The van der Waals surface area contributed by atoms with Crippen molar-refractivity contribution >= 4 is 23.3 Å². The van der Waals surface area contributed by atoms with Gasteiger partial charge in [0, 0.05) is 22.5 Å². The Morgan fingerprint density at radius 2 is 1.83 bits per heavy atom. The minimum atomic E-state index is -0.0451. The van der Waals surface area contributed by atoms with Crippen LogP contribution in [0.1, 0.15) is 40.5 Å². The Labute approximate surface area is 111 Å². The summed E-state index contributed by atoms with van der Waals surface area (Å²) in [5.41, 5.74) is 1.72. The molecule has 0 fully saturated rings. The quantitative estimate of drug-likeness (QED) is 0.760. The molecule has 18 heavy (non-hydrogen) atoms. The van der Waals surface area contributed by atoms with Crippen LogP contribution in [0.4, 0.5) is 0 Å². The van der Waals surface area contributed by atoms with Gasteiger partial charge in [0.05, 0.1) is 0 Å². The maximum absolute atomic E-state index is 12.2. The van der Waals surface area contributed by atoms with Crippen LogP contribution in [0.3, 0.4) is 0 Å². The first kappa shape index (κ1) is 13.1. The smallest absolute Gasteiger partial charge is 0.190 e. The zero-order valence-corrected chi connectivity index (χ0v) is 11.3. The van der Waals surface area contributed by atoms with E-state index in [4.69, 9.17) is 0 Å². The van der Waals surface area contributed by atoms with Crippen molar-refractivity contribution in [3.05, 3.63) is 47.0 Å². The number of carbonyl (C=O) groups is 2. The molecule has 0 saturated heterocycles. The van der Waals surface area contributed by atoms with Gasteiger partial charge in [-0.15, -0.1) is 0 Å². The maximum atomic E-state index is 12.2. The molecule has 1 aliphatic rings. The van der Waals surface area contributed by atoms with Crippen LogP contribution in [0.25, 0.3) is 0 Å². The van der Waals surface area contributed by atoms with Gasteiger partial charge in [-0.25, -0.2) is 0 Å². The molecule has 0 heterocycles. The number of ketones is 2. The topological polar surface area (TPSA) is 34.1 Å². The van der Waals surface area contributed by atoms with Gasteiger partial charge in [0.15, 0.2) is 11.6 Å². The minimum Gasteiger partial charge on any atom is -0.289 e. The molecule has 3 heteroatoms. The Hall–Kier alpha value is -1.35. The van der Waals surface area contributed by atoms with Crippen LogP contribution in [0.15, 0.2) is 35.9 Å². The minimum absolute atomic E-state index is 0.00852. The molecular weight excluding hydrogens is 244 g/mol. The summed E-state index contributed by atoms with van der Waals surface area (Å²) in [7, 11) is 0. The normalized spacial score (nSPS) is 14.4. The summed E-state index contributed by atoms with van der Waals surface area (Å²) in [6.45, 7) is 2.14. The van der Waals surface area contributed by atoms with Gasteiger partial charge in [0.2, 0.25) is 0 Å². The van der Waals surface area contributed by atoms with Gasteiger partial charge in [-0.3, -0.25) is 9.59 Å². The van der Waals surface area contributed by atoms with Crippen molar-refractivity contribution in [2.75, 3.05) is 11.5 Å². The van der Waals surface area contributed by atoms with Gasteiger partial charge in [-0.1, -0.05) is 37.6 Å². The third kappa shape index (κ3) is 2.72. The molecule has 0 aromatic heterocycles. The van der Waals surface area contributed by atoms with Crippen molar-refractivity contribution < 1.29 is 9.59 Å². The first-order valence-electron chi connectivity index (χ1n) is 6.20. The molecule has 2 rings (SSSR count). The lowest BCUT2D eigenvalue weighted by molar-refractivity contribution is 0.0985. The van der Waals surface area contributed by atoms with E-state index in [1.54, 1.807) is 36.0 Å². The van der Waals surface area contributed by atoms with Gasteiger partial charge in [-0.05, 0) is 18.2 Å². The van der Waals surface area contributed by atoms with Gasteiger partial charge < -0.3 is 0 Å². The molecule has 0 aliphatic heterocycles. The van der Waals surface area contributed by atoms with E-state index < -0.39 is 0 Å². The van der Waals surface area contributed by atoms with Crippen LogP contribution in [-0.2, 0) is 0 Å². The number of carbonyl (C=O) groups excluding carboxylic acids is 2. The van der Waals surface area contributed by atoms with E-state index in [9.17, 15) is 9.59 Å². The number of benzene rings is 1. The van der Waals surface area contributed by atoms with E-state index in [0.29, 0.717) is 22.5 Å². The van der Waals surface area contributed by atoms with Gasteiger partial charge in [0.25, 0.3) is 0 Å². The first-order valence-corrected chi connectivity index (χ1v) is 7.36. The summed E-state index contributed by atoms with van der Waals surface area (Å²) < 4.78 is 0. The highest BCUT2D eigenvalue weighted by Crippen LogP contribution is 2.23. The highest BCUT2D eigenvalue weighted by atomic mass is 32.2. The number of thioether (sulfide) groups is 1. The average Bonchev–Trinajstić information content (AvgIpc) is 2.40. The molecule has 0 saturated carbocycles. The lowest BCUT2D eigenvalue weighted by Gasteiger charge is -2.14. The van der Waals surface area contributed by atoms with Crippen LogP contribution in [0.5, 0.6) is 0 Å². The number of fused-ring (bicyclic) bond motifs is 1. The summed E-state index contributed by atoms with van der Waals surface area (Å²) in [6, 6.07) is 7.04. The Morgan fingerprint density at radius 1 is 1.11 bits per heavy atom. The van der Waals surface area contributed by atoms with E-state index in [0.717, 1.165) is 18.6 Å². The first-order chi connectivity index (χ1) is 8.74. The Balaban J connectivity index is 2.11. The second kappa shape index (κ2) is 6.01. The van der Waals surface area contributed by atoms with Crippen LogP contribution >= 0.6 is 11.8 Å². The van der Waals surface area contributed by atoms with Gasteiger partial charge >= 0.3 is 0 Å². The maximum Gasteiger partial charge on any atom is 0.190 e. The van der Waals surface area contributed by atoms with E-state index in [-0.39, 0.29) is 11.6 Å². The Kier molecular flexibility index (Phi) is 4.37. The number of hydrogen-bond donors (Lipinski definition) is 0. The van der Waals surface area contributed by atoms with E-state index in [2.05, 4.69) is 6.92 Å². The van der Waals surface area contributed by atoms with Crippen molar-refractivity contribution in [2.24, 2.45) is 0 Å². The van der Waals surface area contributed by atoms with Crippen molar-refractivity contribution in [1.29, 1.82) is 0 Å². The van der Waals surface area contributed by atoms with E-state index in [1.165, 1.54) is 6.08 Å². The van der Waals surface area contributed by atoms with Crippen LogP contribution in [0.2, 0.25) is 0 Å². The Bertz CT molecular complexity index is 503. The van der Waals surface area contributed by atoms with Crippen molar-refractivity contribution in [3.8, 4) is 0 Å². The number of rotatable bonds is 5. The molecule has 0 amide bonds. The van der Waals surface area contributed by atoms with E-state index >= 15 is 0 Å². The standard InChI is InChI=1S/C15H16O2S/c1-2-3-8-18-10-11-9-14(16)12-6-4-5-7-13(12)15(11)17/h4-7,9H,2-3,8,10H2,1H3.